The number of hydrogen-bond acceptors (Lipinski definition) is 4. The number of para-hydroxylation sites is 3. The molecule has 0 bridgehead atoms. The van der Waals surface area contributed by atoms with Crippen molar-refractivity contribution < 1.29 is 0 Å². The van der Waals surface area contributed by atoms with Gasteiger partial charge in [0, 0.05) is 43.8 Å². The van der Waals surface area contributed by atoms with Gasteiger partial charge in [-0.3, -0.25) is 0 Å². The van der Waals surface area contributed by atoms with E-state index in [0.717, 1.165) is 94.3 Å². The van der Waals surface area contributed by atoms with E-state index in [4.69, 9.17) is 21.5 Å². The van der Waals surface area contributed by atoms with Crippen molar-refractivity contribution in [2.24, 2.45) is 0 Å². The highest BCUT2D eigenvalue weighted by atomic mass is 15.1. The Morgan fingerprint density at radius 3 is 1.43 bits per heavy atom. The van der Waals surface area contributed by atoms with Gasteiger partial charge in [0.15, 0.2) is 23.2 Å². The van der Waals surface area contributed by atoms with Crippen LogP contribution in [0.25, 0.3) is 127 Å². The summed E-state index contributed by atoms with van der Waals surface area (Å²) in [6, 6.07) is 83.6. The molecule has 0 unspecified atom stereocenters. The smallest absolute Gasteiger partial charge is 0.187 e. The van der Waals surface area contributed by atoms with Crippen molar-refractivity contribution in [2.45, 2.75) is 0 Å². The molecule has 0 aliphatic heterocycles. The molecule has 0 aliphatic carbocycles. The zero-order chi connectivity index (χ0) is 48.1. The van der Waals surface area contributed by atoms with E-state index in [1.165, 1.54) is 10.8 Å². The molecule has 0 spiro atoms. The van der Waals surface area contributed by atoms with Crippen molar-refractivity contribution >= 4 is 49.3 Å². The molecule has 0 N–H and O–H groups in total. The number of nitriles is 1. The summed E-state index contributed by atoms with van der Waals surface area (Å²) in [5, 5.41) is 14.3. The molecule has 3 aromatic heterocycles. The summed E-state index contributed by atoms with van der Waals surface area (Å²) in [4.78, 5) is 19.6. The Kier molecular flexibility index (Phi) is 10.1. The summed E-state index contributed by atoms with van der Waals surface area (Å²) in [5.74, 6) is 1.67. The summed E-state index contributed by atoms with van der Waals surface area (Å²) >= 11 is 0. The van der Waals surface area contributed by atoms with Gasteiger partial charge in [-0.2, -0.15) is 5.26 Å². The van der Waals surface area contributed by atoms with Crippen molar-refractivity contribution in [2.75, 3.05) is 0 Å². The summed E-state index contributed by atoms with van der Waals surface area (Å²) < 4.78 is 4.70. The van der Waals surface area contributed by atoms with Crippen LogP contribution < -0.4 is 0 Å². The molecule has 0 saturated heterocycles. The van der Waals surface area contributed by atoms with Crippen LogP contribution >= 0.6 is 0 Å². The Labute approximate surface area is 415 Å². The van der Waals surface area contributed by atoms with Crippen LogP contribution in [0.2, 0.25) is 0 Å². The minimum absolute atomic E-state index is 0.529. The number of hydrogen-bond donors (Lipinski definition) is 0. The average Bonchev–Trinajstić information content (AvgIpc) is 3.97. The van der Waals surface area contributed by atoms with E-state index in [1.807, 2.05) is 103 Å². The Morgan fingerprint density at radius 1 is 0.347 bits per heavy atom. The lowest BCUT2D eigenvalue weighted by atomic mass is 9.99. The fourth-order valence-electron chi connectivity index (χ4n) is 10.3. The van der Waals surface area contributed by atoms with E-state index in [-0.39, 0.29) is 0 Å². The lowest BCUT2D eigenvalue weighted by Crippen LogP contribution is -2.04. The summed E-state index contributed by atoms with van der Waals surface area (Å²) in [5.41, 5.74) is 15.9. The molecular weight excluding hydrogens is 879 g/mol. The third-order valence-corrected chi connectivity index (χ3v) is 13.6. The van der Waals surface area contributed by atoms with Gasteiger partial charge in [0.05, 0.1) is 51.6 Å². The molecule has 0 atom stereocenters. The normalized spacial score (nSPS) is 11.3. The van der Waals surface area contributed by atoms with Crippen LogP contribution in [0.3, 0.4) is 0 Å². The number of aromatic nitrogens is 5. The largest absolute Gasteiger partial charge is 0.309 e. The molecule has 7 heteroatoms. The fraction of sp³-hybridized carbons (Fsp3) is 0. The third-order valence-electron chi connectivity index (χ3n) is 13.6. The van der Waals surface area contributed by atoms with Crippen molar-refractivity contribution in [1.82, 2.24) is 24.1 Å². The molecule has 0 radical (unpaired) electrons. The Balaban J connectivity index is 1.11. The van der Waals surface area contributed by atoms with Crippen molar-refractivity contribution in [3.8, 4) is 85.0 Å². The molecule has 13 aromatic rings. The highest BCUT2D eigenvalue weighted by molar-refractivity contribution is 6.13. The molecule has 10 aromatic carbocycles. The van der Waals surface area contributed by atoms with Crippen LogP contribution in [0.5, 0.6) is 0 Å². The average molecular weight is 918 g/mol. The fourth-order valence-corrected chi connectivity index (χ4v) is 10.3. The molecule has 7 nitrogen and oxygen atoms in total. The summed E-state index contributed by atoms with van der Waals surface area (Å²) in [7, 11) is 0. The van der Waals surface area contributed by atoms with Crippen molar-refractivity contribution in [3.63, 3.8) is 0 Å². The van der Waals surface area contributed by atoms with Crippen LogP contribution in [0.4, 0.5) is 5.69 Å². The van der Waals surface area contributed by atoms with Crippen LogP contribution in [-0.2, 0) is 0 Å². The summed E-state index contributed by atoms with van der Waals surface area (Å²) in [6.45, 7) is 7.76. The molecule has 13 rings (SSSR count). The predicted octanol–water partition coefficient (Wildman–Crippen LogP) is 16.5. The Bertz CT molecular complexity index is 4140. The predicted molar refractivity (Wildman–Crippen MR) is 292 cm³/mol. The minimum atomic E-state index is 0.529. The zero-order valence-electron chi connectivity index (χ0n) is 38.6. The molecule has 0 amide bonds. The molecule has 72 heavy (non-hydrogen) atoms. The number of benzene rings is 10. The summed E-state index contributed by atoms with van der Waals surface area (Å²) in [6.07, 6.45) is 0. The molecule has 0 saturated carbocycles. The highest BCUT2D eigenvalue weighted by Gasteiger charge is 2.23. The Hall–Kier alpha value is -10.2. The van der Waals surface area contributed by atoms with Gasteiger partial charge < -0.3 is 9.13 Å². The molecular formula is C65H39N7. The number of rotatable bonds is 8. The number of fused-ring (bicyclic) bond motifs is 6. The minimum Gasteiger partial charge on any atom is -0.309 e. The third kappa shape index (κ3) is 7.17. The quantitative estimate of drug-likeness (QED) is 0.142. The maximum atomic E-state index is 9.86. The van der Waals surface area contributed by atoms with Gasteiger partial charge in [-0.15, -0.1) is 0 Å². The lowest BCUT2D eigenvalue weighted by molar-refractivity contribution is 1.06. The van der Waals surface area contributed by atoms with E-state index in [2.05, 4.69) is 154 Å². The Morgan fingerprint density at radius 2 is 0.819 bits per heavy atom. The first-order valence-electron chi connectivity index (χ1n) is 23.8. The first kappa shape index (κ1) is 41.9. The molecule has 0 fully saturated rings. The second-order valence-corrected chi connectivity index (χ2v) is 17.8. The van der Waals surface area contributed by atoms with Crippen LogP contribution in [-0.4, -0.2) is 24.1 Å². The maximum Gasteiger partial charge on any atom is 0.187 e. The van der Waals surface area contributed by atoms with Crippen LogP contribution in [0, 0.1) is 17.9 Å². The monoisotopic (exact) mass is 917 g/mol. The van der Waals surface area contributed by atoms with Crippen LogP contribution in [0.1, 0.15) is 5.56 Å². The van der Waals surface area contributed by atoms with E-state index in [1.54, 1.807) is 0 Å². The zero-order valence-corrected chi connectivity index (χ0v) is 38.6. The van der Waals surface area contributed by atoms with E-state index < -0.39 is 0 Å². The van der Waals surface area contributed by atoms with Gasteiger partial charge in [-0.1, -0.05) is 164 Å². The van der Waals surface area contributed by atoms with E-state index >= 15 is 0 Å². The van der Waals surface area contributed by atoms with Crippen molar-refractivity contribution in [1.29, 1.82) is 5.26 Å². The second-order valence-electron chi connectivity index (χ2n) is 17.8. The second kappa shape index (κ2) is 17.4. The first-order valence-corrected chi connectivity index (χ1v) is 23.8. The van der Waals surface area contributed by atoms with E-state index in [0.29, 0.717) is 28.7 Å². The molecule has 334 valence electrons. The van der Waals surface area contributed by atoms with Gasteiger partial charge in [0.1, 0.15) is 0 Å². The SMILES string of the molecule is [C-]#[N+]c1cccc(-c2ccc3c(c2)c2cc(-c4cccc(C#N)c4)ccc2n3-c2ccc(-c3ccccc3-n3c4ccccc4c4ccccc43)cc2-c2nc(-c3ccccc3)nc(-c3ccccc3)n2)c1. The molecule has 0 aliphatic rings. The van der Waals surface area contributed by atoms with Crippen molar-refractivity contribution in [3.05, 3.63) is 254 Å². The van der Waals surface area contributed by atoms with Gasteiger partial charge in [0.2, 0.25) is 0 Å². The molecule has 3 heterocycles. The first-order chi connectivity index (χ1) is 35.6. The lowest BCUT2D eigenvalue weighted by Gasteiger charge is -2.18. The van der Waals surface area contributed by atoms with Gasteiger partial charge in [-0.05, 0) is 101 Å². The van der Waals surface area contributed by atoms with Crippen LogP contribution in [0.15, 0.2) is 237 Å². The van der Waals surface area contributed by atoms with Gasteiger partial charge >= 0.3 is 0 Å². The number of nitrogens with zero attached hydrogens (tertiary/aromatic N) is 7. The van der Waals surface area contributed by atoms with E-state index in [9.17, 15) is 5.26 Å². The highest BCUT2D eigenvalue weighted by Crippen LogP contribution is 2.43. The topological polar surface area (TPSA) is 76.7 Å². The maximum absolute atomic E-state index is 9.86. The van der Waals surface area contributed by atoms with Gasteiger partial charge in [0.25, 0.3) is 0 Å². The standard InChI is InChI=1S/C65H39N7/c1-67-50-23-15-22-46(37-50)48-31-34-61-55(39-48)54-38-47(45-21-14-16-42(36-45)41-66)30-33-60(54)72(61)62-35-32-49(51-24-8-11-27-57(51)71-58-28-12-9-25-52(58)53-26-10-13-29-59(53)71)40-56(62)65-69-63(43-17-4-2-5-18-43)68-64(70-65)44-19-6-3-7-20-44/h2-40H. The van der Waals surface area contributed by atoms with Gasteiger partial charge in [-0.25, -0.2) is 19.8 Å².